The number of oxazole rings is 1. The van der Waals surface area contributed by atoms with Crippen molar-refractivity contribution in [1.82, 2.24) is 20.0 Å². The molecular weight excluding hydrogens is 316 g/mol. The summed E-state index contributed by atoms with van der Waals surface area (Å²) in [6.07, 6.45) is 2.22. The number of nitrogens with zero attached hydrogens (tertiary/aromatic N) is 4. The van der Waals surface area contributed by atoms with Crippen molar-refractivity contribution in [1.29, 1.82) is 0 Å². The van der Waals surface area contributed by atoms with Crippen LogP contribution in [0.25, 0.3) is 11.1 Å². The number of piperidine rings is 1. The molecule has 0 unspecified atom stereocenters. The molecule has 1 fully saturated rings. The highest BCUT2D eigenvalue weighted by Gasteiger charge is 2.27. The Morgan fingerprint density at radius 1 is 1.20 bits per heavy atom. The Bertz CT molecular complexity index is 829. The first kappa shape index (κ1) is 16.3. The number of rotatable bonds is 3. The van der Waals surface area contributed by atoms with Gasteiger partial charge < -0.3 is 8.94 Å². The molecule has 0 aliphatic carbocycles. The molecule has 0 spiro atoms. The molecule has 0 bridgehead atoms. The van der Waals surface area contributed by atoms with Crippen LogP contribution in [-0.2, 0) is 12.0 Å². The Balaban J connectivity index is 1.46. The lowest BCUT2D eigenvalue weighted by atomic mass is 9.97. The minimum atomic E-state index is -0.117. The molecule has 1 aromatic carbocycles. The van der Waals surface area contributed by atoms with Crippen LogP contribution < -0.4 is 0 Å². The van der Waals surface area contributed by atoms with Crippen molar-refractivity contribution in [3.05, 3.63) is 41.9 Å². The molecule has 0 radical (unpaired) electrons. The van der Waals surface area contributed by atoms with Gasteiger partial charge in [0.2, 0.25) is 5.89 Å². The van der Waals surface area contributed by atoms with E-state index < -0.39 is 0 Å². The van der Waals surface area contributed by atoms with Crippen molar-refractivity contribution >= 4 is 11.1 Å². The lowest BCUT2D eigenvalue weighted by Gasteiger charge is -2.30. The second-order valence-corrected chi connectivity index (χ2v) is 7.86. The molecule has 25 heavy (non-hydrogen) atoms. The molecule has 2 aromatic heterocycles. The fourth-order valence-corrected chi connectivity index (χ4v) is 3.29. The topological polar surface area (TPSA) is 68.2 Å². The van der Waals surface area contributed by atoms with Crippen molar-refractivity contribution in [3.8, 4) is 0 Å². The van der Waals surface area contributed by atoms with Gasteiger partial charge in [0.25, 0.3) is 0 Å². The summed E-state index contributed by atoms with van der Waals surface area (Å²) in [5.74, 6) is 2.60. The maximum absolute atomic E-state index is 5.97. The SMILES string of the molecule is CC(C)(C)c1nc(CN2CCC[C@H](c3nc4ccccc4o3)C2)no1. The first-order chi connectivity index (χ1) is 12.0. The number of hydrogen-bond acceptors (Lipinski definition) is 6. The molecule has 6 heteroatoms. The quantitative estimate of drug-likeness (QED) is 0.720. The van der Waals surface area contributed by atoms with Crippen LogP contribution in [-0.4, -0.2) is 33.1 Å². The number of aromatic nitrogens is 3. The second kappa shape index (κ2) is 6.26. The average Bonchev–Trinajstić information content (AvgIpc) is 3.21. The Hall–Kier alpha value is -2.21. The summed E-state index contributed by atoms with van der Waals surface area (Å²) in [6, 6.07) is 7.94. The lowest BCUT2D eigenvalue weighted by Crippen LogP contribution is -2.34. The maximum Gasteiger partial charge on any atom is 0.232 e. The van der Waals surface area contributed by atoms with E-state index in [1.54, 1.807) is 0 Å². The molecule has 1 saturated heterocycles. The van der Waals surface area contributed by atoms with Crippen LogP contribution >= 0.6 is 0 Å². The van der Waals surface area contributed by atoms with Crippen molar-refractivity contribution in [2.75, 3.05) is 13.1 Å². The number of likely N-dealkylation sites (tertiary alicyclic amines) is 1. The van der Waals surface area contributed by atoms with Gasteiger partial charge in [0, 0.05) is 17.9 Å². The molecule has 132 valence electrons. The highest BCUT2D eigenvalue weighted by molar-refractivity contribution is 5.72. The van der Waals surface area contributed by atoms with E-state index >= 15 is 0 Å². The summed E-state index contributed by atoms with van der Waals surface area (Å²) in [5.41, 5.74) is 1.68. The summed E-state index contributed by atoms with van der Waals surface area (Å²) in [4.78, 5) is 11.6. The zero-order valence-corrected chi connectivity index (χ0v) is 15.0. The van der Waals surface area contributed by atoms with E-state index in [1.807, 2.05) is 24.3 Å². The molecule has 3 heterocycles. The average molecular weight is 340 g/mol. The zero-order valence-electron chi connectivity index (χ0n) is 15.0. The van der Waals surface area contributed by atoms with Gasteiger partial charge in [-0.1, -0.05) is 38.1 Å². The van der Waals surface area contributed by atoms with Gasteiger partial charge in [-0.25, -0.2) is 4.98 Å². The summed E-state index contributed by atoms with van der Waals surface area (Å²) in [5, 5.41) is 4.14. The van der Waals surface area contributed by atoms with Crippen molar-refractivity contribution in [2.24, 2.45) is 0 Å². The van der Waals surface area contributed by atoms with Gasteiger partial charge in [-0.3, -0.25) is 4.90 Å². The van der Waals surface area contributed by atoms with E-state index in [-0.39, 0.29) is 5.41 Å². The predicted molar refractivity (Wildman–Crippen MR) is 94.3 cm³/mol. The summed E-state index contributed by atoms with van der Waals surface area (Å²) in [6.45, 7) is 8.88. The highest BCUT2D eigenvalue weighted by atomic mass is 16.5. The molecule has 1 aliphatic heterocycles. The molecule has 0 N–H and O–H groups in total. The van der Waals surface area contributed by atoms with Gasteiger partial charge in [0.05, 0.1) is 6.54 Å². The third kappa shape index (κ3) is 3.44. The maximum atomic E-state index is 5.97. The molecule has 6 nitrogen and oxygen atoms in total. The van der Waals surface area contributed by atoms with Crippen LogP contribution in [0.1, 0.15) is 57.1 Å². The van der Waals surface area contributed by atoms with Gasteiger partial charge in [0.15, 0.2) is 17.3 Å². The Kier molecular flexibility index (Phi) is 4.07. The molecule has 1 atom stereocenters. The number of para-hydroxylation sites is 2. The Labute approximate surface area is 147 Å². The first-order valence-corrected chi connectivity index (χ1v) is 8.90. The number of hydrogen-bond donors (Lipinski definition) is 0. The van der Waals surface area contributed by atoms with Crippen molar-refractivity contribution in [2.45, 2.75) is 51.5 Å². The smallest absolute Gasteiger partial charge is 0.232 e. The zero-order chi connectivity index (χ0) is 17.4. The van der Waals surface area contributed by atoms with E-state index in [9.17, 15) is 0 Å². The van der Waals surface area contributed by atoms with Crippen molar-refractivity contribution < 1.29 is 8.94 Å². The van der Waals surface area contributed by atoms with Gasteiger partial charge in [-0.05, 0) is 31.5 Å². The Morgan fingerprint density at radius 2 is 2.04 bits per heavy atom. The second-order valence-electron chi connectivity index (χ2n) is 7.86. The van der Waals surface area contributed by atoms with Gasteiger partial charge >= 0.3 is 0 Å². The number of benzene rings is 1. The summed E-state index contributed by atoms with van der Waals surface area (Å²) < 4.78 is 11.4. The Morgan fingerprint density at radius 3 is 2.80 bits per heavy atom. The number of fused-ring (bicyclic) bond motifs is 1. The van der Waals surface area contributed by atoms with Crippen LogP contribution in [0.5, 0.6) is 0 Å². The molecule has 0 saturated carbocycles. The fourth-order valence-electron chi connectivity index (χ4n) is 3.29. The van der Waals surface area contributed by atoms with Crippen LogP contribution in [0.15, 0.2) is 33.2 Å². The van der Waals surface area contributed by atoms with Gasteiger partial charge in [-0.2, -0.15) is 4.98 Å². The first-order valence-electron chi connectivity index (χ1n) is 8.90. The molecule has 3 aromatic rings. The van der Waals surface area contributed by atoms with Crippen LogP contribution in [0.4, 0.5) is 0 Å². The third-order valence-corrected chi connectivity index (χ3v) is 4.64. The van der Waals surface area contributed by atoms with E-state index in [4.69, 9.17) is 8.94 Å². The van der Waals surface area contributed by atoms with Gasteiger partial charge in [0.1, 0.15) is 5.52 Å². The normalized spacial score (nSPS) is 19.6. The molecule has 1 aliphatic rings. The van der Waals surface area contributed by atoms with E-state index in [1.165, 1.54) is 0 Å². The lowest BCUT2D eigenvalue weighted by molar-refractivity contribution is 0.181. The minimum Gasteiger partial charge on any atom is -0.440 e. The molecular formula is C19H24N4O2. The molecule has 4 rings (SSSR count). The van der Waals surface area contributed by atoms with Gasteiger partial charge in [-0.15, -0.1) is 0 Å². The largest absolute Gasteiger partial charge is 0.440 e. The predicted octanol–water partition coefficient (Wildman–Crippen LogP) is 3.89. The van der Waals surface area contributed by atoms with E-state index in [0.29, 0.717) is 18.4 Å². The standard InChI is InChI=1S/C19H24N4O2/c1-19(2,3)18-21-16(22-25-18)12-23-10-6-7-13(11-23)17-20-14-8-4-5-9-15(14)24-17/h4-5,8-9,13H,6-7,10-12H2,1-3H3/t13-/m0/s1. The molecule has 0 amide bonds. The monoisotopic (exact) mass is 340 g/mol. The summed E-state index contributed by atoms with van der Waals surface area (Å²) >= 11 is 0. The summed E-state index contributed by atoms with van der Waals surface area (Å²) in [7, 11) is 0. The highest BCUT2D eigenvalue weighted by Crippen LogP contribution is 2.29. The van der Waals surface area contributed by atoms with Crippen LogP contribution in [0.3, 0.4) is 0 Å². The van der Waals surface area contributed by atoms with Crippen LogP contribution in [0.2, 0.25) is 0 Å². The van der Waals surface area contributed by atoms with E-state index in [2.05, 4.69) is 40.8 Å². The third-order valence-electron chi connectivity index (χ3n) is 4.64. The van der Waals surface area contributed by atoms with Crippen molar-refractivity contribution in [3.63, 3.8) is 0 Å². The van der Waals surface area contributed by atoms with E-state index in [0.717, 1.165) is 48.7 Å². The van der Waals surface area contributed by atoms with Crippen LogP contribution in [0, 0.1) is 0 Å². The minimum absolute atomic E-state index is 0.117. The fraction of sp³-hybridized carbons (Fsp3) is 0.526.